The Kier molecular flexibility index (Phi) is 6.66. The van der Waals surface area contributed by atoms with Gasteiger partial charge in [-0.15, -0.1) is 0 Å². The van der Waals surface area contributed by atoms with Crippen LogP contribution in [0.2, 0.25) is 0 Å². The minimum Gasteiger partial charge on any atom is -0.337 e. The molecule has 7 aromatic rings. The van der Waals surface area contributed by atoms with Gasteiger partial charge in [-0.05, 0) is 88.8 Å². The molecule has 0 bridgehead atoms. The van der Waals surface area contributed by atoms with Gasteiger partial charge in [-0.1, -0.05) is 115 Å². The molecule has 1 aromatic heterocycles. The highest BCUT2D eigenvalue weighted by Crippen LogP contribution is 2.38. The van der Waals surface area contributed by atoms with E-state index >= 15 is 0 Å². The Balaban J connectivity index is 1.23. The number of benzene rings is 6. The lowest BCUT2D eigenvalue weighted by atomic mass is 9.97. The molecule has 0 radical (unpaired) electrons. The number of allylic oxidation sites excluding steroid dienone is 3. The van der Waals surface area contributed by atoms with Gasteiger partial charge < -0.3 is 9.47 Å². The number of anilines is 2. The molecular formula is C42H32N2. The van der Waals surface area contributed by atoms with Crippen molar-refractivity contribution in [2.75, 3.05) is 11.4 Å². The van der Waals surface area contributed by atoms with E-state index in [0.717, 1.165) is 13.0 Å². The van der Waals surface area contributed by atoms with Crippen molar-refractivity contribution < 1.29 is 0 Å². The van der Waals surface area contributed by atoms with Crippen LogP contribution in [0.5, 0.6) is 0 Å². The molecule has 210 valence electrons. The molecule has 0 N–H and O–H groups in total. The maximum atomic E-state index is 2.44. The zero-order valence-electron chi connectivity index (χ0n) is 24.5. The van der Waals surface area contributed by atoms with E-state index in [0.29, 0.717) is 0 Å². The molecular weight excluding hydrogens is 532 g/mol. The number of hydrogen-bond acceptors (Lipinski definition) is 1. The fourth-order valence-corrected chi connectivity index (χ4v) is 6.54. The van der Waals surface area contributed by atoms with E-state index in [9.17, 15) is 0 Å². The molecule has 0 aliphatic carbocycles. The molecule has 2 heteroatoms. The molecule has 1 aliphatic rings. The zero-order valence-corrected chi connectivity index (χ0v) is 24.5. The largest absolute Gasteiger partial charge is 0.337 e. The molecule has 8 rings (SSSR count). The number of fused-ring (bicyclic) bond motifs is 4. The van der Waals surface area contributed by atoms with Crippen LogP contribution in [0.3, 0.4) is 0 Å². The van der Waals surface area contributed by atoms with Crippen molar-refractivity contribution in [1.29, 1.82) is 0 Å². The predicted molar refractivity (Wildman–Crippen MR) is 187 cm³/mol. The Morgan fingerprint density at radius 3 is 1.98 bits per heavy atom. The van der Waals surface area contributed by atoms with Gasteiger partial charge in [-0.2, -0.15) is 0 Å². The third-order valence-corrected chi connectivity index (χ3v) is 8.66. The minimum absolute atomic E-state index is 0.805. The van der Waals surface area contributed by atoms with E-state index in [1.54, 1.807) is 0 Å². The third kappa shape index (κ3) is 4.71. The quantitative estimate of drug-likeness (QED) is 0.206. The summed E-state index contributed by atoms with van der Waals surface area (Å²) in [6.45, 7) is 0.805. The summed E-state index contributed by atoms with van der Waals surface area (Å²) in [7, 11) is 0. The van der Waals surface area contributed by atoms with Gasteiger partial charge in [0.05, 0.1) is 11.0 Å². The van der Waals surface area contributed by atoms with Crippen LogP contribution >= 0.6 is 0 Å². The highest BCUT2D eigenvalue weighted by Gasteiger charge is 2.17. The summed E-state index contributed by atoms with van der Waals surface area (Å²) in [5.74, 6) is 0. The molecule has 0 atom stereocenters. The summed E-state index contributed by atoms with van der Waals surface area (Å²) >= 11 is 0. The average Bonchev–Trinajstić information content (AvgIpc) is 3.47. The van der Waals surface area contributed by atoms with Crippen molar-refractivity contribution >= 4 is 33.2 Å². The van der Waals surface area contributed by atoms with Gasteiger partial charge in [0, 0.05) is 34.4 Å². The van der Waals surface area contributed by atoms with Gasteiger partial charge in [-0.3, -0.25) is 0 Å². The van der Waals surface area contributed by atoms with E-state index in [4.69, 9.17) is 0 Å². The first-order chi connectivity index (χ1) is 21.8. The Labute approximate surface area is 258 Å². The molecule has 0 unspecified atom stereocenters. The summed E-state index contributed by atoms with van der Waals surface area (Å²) < 4.78 is 2.37. The molecule has 1 aliphatic heterocycles. The lowest BCUT2D eigenvalue weighted by Gasteiger charge is -2.27. The monoisotopic (exact) mass is 564 g/mol. The van der Waals surface area contributed by atoms with Gasteiger partial charge in [-0.25, -0.2) is 0 Å². The summed E-state index contributed by atoms with van der Waals surface area (Å²) in [4.78, 5) is 2.44. The van der Waals surface area contributed by atoms with Crippen LogP contribution in [0, 0.1) is 0 Å². The topological polar surface area (TPSA) is 8.17 Å². The van der Waals surface area contributed by atoms with Crippen molar-refractivity contribution in [1.82, 2.24) is 4.57 Å². The standard InChI is InChI=1S/C42H32N2/c1-2-12-27-43(37-20-13-17-32(29-37)31-14-6-3-7-15-31)40-25-23-33(28-35(40)16-5-1)34-24-26-42-39(30-34)38-21-10-11-22-41(38)44(42)36-18-8-4-9-19-36/h1-15,17-26,28-30H,16,27H2. The van der Waals surface area contributed by atoms with Crippen molar-refractivity contribution in [2.24, 2.45) is 0 Å². The highest BCUT2D eigenvalue weighted by atomic mass is 15.1. The van der Waals surface area contributed by atoms with Crippen LogP contribution in [0.1, 0.15) is 5.56 Å². The molecule has 6 aromatic carbocycles. The van der Waals surface area contributed by atoms with Gasteiger partial charge in [0.2, 0.25) is 0 Å². The molecule has 0 fully saturated rings. The number of hydrogen-bond donors (Lipinski definition) is 0. The van der Waals surface area contributed by atoms with E-state index in [2.05, 4.69) is 179 Å². The van der Waals surface area contributed by atoms with Crippen molar-refractivity contribution in [3.05, 3.63) is 175 Å². The molecule has 2 nitrogen and oxygen atoms in total. The average molecular weight is 565 g/mol. The summed E-state index contributed by atoms with van der Waals surface area (Å²) in [6.07, 6.45) is 9.71. The van der Waals surface area contributed by atoms with Gasteiger partial charge >= 0.3 is 0 Å². The molecule has 0 spiro atoms. The summed E-state index contributed by atoms with van der Waals surface area (Å²) in [5.41, 5.74) is 12.3. The second-order valence-electron chi connectivity index (χ2n) is 11.4. The molecule has 0 amide bonds. The summed E-state index contributed by atoms with van der Waals surface area (Å²) in [6, 6.07) is 52.8. The van der Waals surface area contributed by atoms with Crippen LogP contribution in [0.15, 0.2) is 170 Å². The van der Waals surface area contributed by atoms with Gasteiger partial charge in [0.15, 0.2) is 0 Å². The smallest absolute Gasteiger partial charge is 0.0541 e. The SMILES string of the molecule is C1=CCc2cc(-c3ccc4c(c3)c3ccccc3n4-c3ccccc3)ccc2N(c2cccc(-c3ccccc3)c2)CC=C1. The lowest BCUT2D eigenvalue weighted by molar-refractivity contribution is 1.07. The predicted octanol–water partition coefficient (Wildman–Crippen LogP) is 10.9. The van der Waals surface area contributed by atoms with Crippen LogP contribution < -0.4 is 4.90 Å². The first kappa shape index (κ1) is 26.1. The first-order valence-electron chi connectivity index (χ1n) is 15.3. The Hall–Kier alpha value is -5.60. The molecule has 2 heterocycles. The Bertz CT molecular complexity index is 2170. The maximum absolute atomic E-state index is 2.44. The van der Waals surface area contributed by atoms with Crippen molar-refractivity contribution in [3.8, 4) is 27.9 Å². The fourth-order valence-electron chi connectivity index (χ4n) is 6.54. The van der Waals surface area contributed by atoms with E-state index < -0.39 is 0 Å². The number of aromatic nitrogens is 1. The van der Waals surface area contributed by atoms with Crippen molar-refractivity contribution in [2.45, 2.75) is 6.42 Å². The zero-order chi connectivity index (χ0) is 29.3. The van der Waals surface area contributed by atoms with Crippen LogP contribution in [-0.4, -0.2) is 11.1 Å². The number of nitrogens with zero attached hydrogens (tertiary/aromatic N) is 2. The number of para-hydroxylation sites is 2. The van der Waals surface area contributed by atoms with E-state index in [-0.39, 0.29) is 0 Å². The Morgan fingerprint density at radius 2 is 1.09 bits per heavy atom. The second-order valence-corrected chi connectivity index (χ2v) is 11.4. The van der Waals surface area contributed by atoms with Gasteiger partial charge in [0.1, 0.15) is 0 Å². The Morgan fingerprint density at radius 1 is 0.432 bits per heavy atom. The van der Waals surface area contributed by atoms with E-state index in [1.165, 1.54) is 66.7 Å². The maximum Gasteiger partial charge on any atom is 0.0541 e. The van der Waals surface area contributed by atoms with Crippen LogP contribution in [-0.2, 0) is 6.42 Å². The second kappa shape index (κ2) is 11.2. The number of rotatable bonds is 4. The normalized spacial score (nSPS) is 13.0. The van der Waals surface area contributed by atoms with Gasteiger partial charge in [0.25, 0.3) is 0 Å². The van der Waals surface area contributed by atoms with Crippen molar-refractivity contribution in [3.63, 3.8) is 0 Å². The lowest BCUT2D eigenvalue weighted by Crippen LogP contribution is -2.18. The summed E-state index contributed by atoms with van der Waals surface area (Å²) in [5, 5.41) is 2.54. The fraction of sp³-hybridized carbons (Fsp3) is 0.0476. The first-order valence-corrected chi connectivity index (χ1v) is 15.3. The molecule has 0 saturated carbocycles. The van der Waals surface area contributed by atoms with E-state index in [1.807, 2.05) is 0 Å². The minimum atomic E-state index is 0.805. The highest BCUT2D eigenvalue weighted by molar-refractivity contribution is 6.10. The molecule has 0 saturated heterocycles. The molecule has 44 heavy (non-hydrogen) atoms. The van der Waals surface area contributed by atoms with Crippen LogP contribution in [0.25, 0.3) is 49.7 Å². The third-order valence-electron chi connectivity index (χ3n) is 8.66. The van der Waals surface area contributed by atoms with Crippen LogP contribution in [0.4, 0.5) is 11.4 Å².